The zero-order valence-corrected chi connectivity index (χ0v) is 17.9. The van der Waals surface area contributed by atoms with Crippen molar-refractivity contribution >= 4 is 17.5 Å². The molecule has 1 aliphatic heterocycles. The first-order valence-electron chi connectivity index (χ1n) is 10.5. The second kappa shape index (κ2) is 9.66. The van der Waals surface area contributed by atoms with Crippen molar-refractivity contribution in [3.05, 3.63) is 108 Å². The average molecular weight is 462 g/mol. The van der Waals surface area contributed by atoms with Gasteiger partial charge in [0.05, 0.1) is 5.56 Å². The third-order valence-corrected chi connectivity index (χ3v) is 5.65. The first-order chi connectivity index (χ1) is 16.4. The molecule has 0 amide bonds. The molecule has 8 nitrogen and oxygen atoms in total. The number of ketones is 2. The number of rotatable bonds is 7. The van der Waals surface area contributed by atoms with Crippen LogP contribution in [0.4, 0.5) is 0 Å². The summed E-state index contributed by atoms with van der Waals surface area (Å²) in [6, 6.07) is 22.9. The molecule has 34 heavy (non-hydrogen) atoms. The van der Waals surface area contributed by atoms with Crippen LogP contribution in [0.3, 0.4) is 0 Å². The smallest absolute Gasteiger partial charge is 0.339 e. The molecule has 0 aromatic heterocycles. The van der Waals surface area contributed by atoms with Crippen LogP contribution in [0, 0.1) is 0 Å². The number of benzene rings is 3. The molecule has 3 aromatic rings. The molecule has 1 heterocycles. The number of ether oxygens (including phenoxy) is 2. The van der Waals surface area contributed by atoms with Crippen molar-refractivity contribution in [2.75, 3.05) is 0 Å². The third-order valence-electron chi connectivity index (χ3n) is 5.65. The van der Waals surface area contributed by atoms with Crippen LogP contribution in [0.1, 0.15) is 31.1 Å². The number of aliphatic hydroxyl groups excluding tert-OH is 3. The highest BCUT2D eigenvalue weighted by molar-refractivity contribution is 6.24. The quantitative estimate of drug-likeness (QED) is 0.275. The minimum Gasteiger partial charge on any atom is -0.435 e. The van der Waals surface area contributed by atoms with Crippen LogP contribution < -0.4 is 0 Å². The van der Waals surface area contributed by atoms with E-state index in [1.54, 1.807) is 54.6 Å². The van der Waals surface area contributed by atoms with Crippen molar-refractivity contribution in [3.8, 4) is 0 Å². The lowest BCUT2D eigenvalue weighted by molar-refractivity contribution is -0.153. The van der Waals surface area contributed by atoms with Crippen molar-refractivity contribution in [2.45, 2.75) is 30.2 Å². The van der Waals surface area contributed by atoms with Gasteiger partial charge in [-0.1, -0.05) is 78.9 Å². The molecule has 3 aromatic carbocycles. The SMILES string of the molecule is O=C(OC(C(=O)c1ccccc1)(C(=O)c1ccccc1)[C@H]1O[C@H](O)[C@H](O)[C@@H]1O)c1ccccc1. The highest BCUT2D eigenvalue weighted by atomic mass is 16.7. The molecule has 0 saturated carbocycles. The maximum Gasteiger partial charge on any atom is 0.339 e. The van der Waals surface area contributed by atoms with E-state index in [0.717, 1.165) is 0 Å². The Hall–Kier alpha value is -3.69. The molecule has 8 heteroatoms. The molecular formula is C26H22O8. The number of esters is 1. The summed E-state index contributed by atoms with van der Waals surface area (Å²) >= 11 is 0. The molecule has 1 aliphatic rings. The van der Waals surface area contributed by atoms with Gasteiger partial charge in [-0.05, 0) is 12.1 Å². The molecule has 0 radical (unpaired) electrons. The van der Waals surface area contributed by atoms with Crippen LogP contribution in [0.25, 0.3) is 0 Å². The van der Waals surface area contributed by atoms with Gasteiger partial charge in [0.2, 0.25) is 11.6 Å². The molecular weight excluding hydrogens is 440 g/mol. The van der Waals surface area contributed by atoms with Crippen LogP contribution in [-0.4, -0.2) is 63.1 Å². The summed E-state index contributed by atoms with van der Waals surface area (Å²) in [7, 11) is 0. The second-order valence-electron chi connectivity index (χ2n) is 7.81. The fourth-order valence-corrected chi connectivity index (χ4v) is 3.89. The number of carbonyl (C=O) groups is 3. The summed E-state index contributed by atoms with van der Waals surface area (Å²) in [6.07, 6.45) is -7.57. The molecule has 174 valence electrons. The number of hydrogen-bond acceptors (Lipinski definition) is 8. The summed E-state index contributed by atoms with van der Waals surface area (Å²) in [6.45, 7) is 0. The first-order valence-corrected chi connectivity index (χ1v) is 10.5. The second-order valence-corrected chi connectivity index (χ2v) is 7.81. The Balaban J connectivity index is 1.93. The van der Waals surface area contributed by atoms with Crippen molar-refractivity contribution in [2.24, 2.45) is 0 Å². The standard InChI is InChI=1S/C26H22O8/c27-19-20(28)25(32)33-23(19)26(21(29)16-10-4-1-5-11-16,22(30)17-12-6-2-7-13-17)34-24(31)18-14-8-3-9-15-18/h1-15,19-20,23,25,27-28,32H/t19-,20+,23-,25-/m0/s1. The number of carbonyl (C=O) groups excluding carboxylic acids is 3. The van der Waals surface area contributed by atoms with E-state index in [1.807, 2.05) is 0 Å². The Bertz CT molecular complexity index is 1110. The zero-order chi connectivity index (χ0) is 24.3. The number of hydrogen-bond donors (Lipinski definition) is 3. The fourth-order valence-electron chi connectivity index (χ4n) is 3.89. The first kappa shape index (κ1) is 23.5. The van der Waals surface area contributed by atoms with E-state index in [0.29, 0.717) is 0 Å². The highest BCUT2D eigenvalue weighted by Gasteiger charge is 2.64. The van der Waals surface area contributed by atoms with Gasteiger partial charge in [-0.25, -0.2) is 4.79 Å². The van der Waals surface area contributed by atoms with Crippen LogP contribution in [-0.2, 0) is 9.47 Å². The molecule has 1 fully saturated rings. The minimum atomic E-state index is -2.76. The monoisotopic (exact) mass is 462 g/mol. The number of Topliss-reactive ketones (excluding diaryl/α,β-unsaturated/α-hetero) is 2. The van der Waals surface area contributed by atoms with Gasteiger partial charge < -0.3 is 24.8 Å². The topological polar surface area (TPSA) is 130 Å². The molecule has 4 rings (SSSR count). The lowest BCUT2D eigenvalue weighted by Gasteiger charge is -2.36. The Morgan fingerprint density at radius 1 is 0.647 bits per heavy atom. The minimum absolute atomic E-state index is 0.000627. The molecule has 3 N–H and O–H groups in total. The largest absolute Gasteiger partial charge is 0.435 e. The Morgan fingerprint density at radius 3 is 1.44 bits per heavy atom. The predicted octanol–water partition coefficient (Wildman–Crippen LogP) is 1.79. The van der Waals surface area contributed by atoms with Crippen molar-refractivity contribution in [3.63, 3.8) is 0 Å². The van der Waals surface area contributed by atoms with Crippen molar-refractivity contribution in [1.29, 1.82) is 0 Å². The summed E-state index contributed by atoms with van der Waals surface area (Å²) in [5, 5.41) is 30.9. The van der Waals surface area contributed by atoms with E-state index in [1.165, 1.54) is 36.4 Å². The van der Waals surface area contributed by atoms with Gasteiger partial charge in [0.1, 0.15) is 18.3 Å². The van der Waals surface area contributed by atoms with E-state index >= 15 is 0 Å². The molecule has 4 atom stereocenters. The molecule has 1 saturated heterocycles. The van der Waals surface area contributed by atoms with Gasteiger partial charge in [0.25, 0.3) is 5.60 Å². The highest BCUT2D eigenvalue weighted by Crippen LogP contribution is 2.37. The Labute approximate surface area is 195 Å². The van der Waals surface area contributed by atoms with Crippen LogP contribution >= 0.6 is 0 Å². The predicted molar refractivity (Wildman–Crippen MR) is 119 cm³/mol. The average Bonchev–Trinajstić information content (AvgIpc) is 3.15. The third kappa shape index (κ3) is 4.15. The molecule has 0 bridgehead atoms. The Morgan fingerprint density at radius 2 is 1.06 bits per heavy atom. The van der Waals surface area contributed by atoms with Crippen molar-refractivity contribution in [1.82, 2.24) is 0 Å². The van der Waals surface area contributed by atoms with Crippen LogP contribution in [0.2, 0.25) is 0 Å². The fraction of sp³-hybridized carbons (Fsp3) is 0.192. The van der Waals surface area contributed by atoms with Crippen molar-refractivity contribution < 1.29 is 39.2 Å². The zero-order valence-electron chi connectivity index (χ0n) is 17.9. The maximum absolute atomic E-state index is 13.9. The molecule has 0 unspecified atom stereocenters. The Kier molecular flexibility index (Phi) is 6.67. The summed E-state index contributed by atoms with van der Waals surface area (Å²) in [4.78, 5) is 41.1. The summed E-state index contributed by atoms with van der Waals surface area (Å²) < 4.78 is 11.0. The number of aliphatic hydroxyl groups is 3. The van der Waals surface area contributed by atoms with E-state index < -0.39 is 47.7 Å². The molecule has 0 aliphatic carbocycles. The van der Waals surface area contributed by atoms with Crippen LogP contribution in [0.5, 0.6) is 0 Å². The lowest BCUT2D eigenvalue weighted by atomic mass is 9.78. The van der Waals surface area contributed by atoms with Gasteiger partial charge in [-0.15, -0.1) is 0 Å². The maximum atomic E-state index is 13.9. The summed E-state index contributed by atoms with van der Waals surface area (Å²) in [5.74, 6) is -2.98. The molecule has 0 spiro atoms. The van der Waals surface area contributed by atoms with Gasteiger partial charge in [0.15, 0.2) is 6.29 Å². The van der Waals surface area contributed by atoms with Crippen LogP contribution in [0.15, 0.2) is 91.0 Å². The lowest BCUT2D eigenvalue weighted by Crippen LogP contribution is -2.62. The van der Waals surface area contributed by atoms with E-state index in [4.69, 9.17) is 9.47 Å². The van der Waals surface area contributed by atoms with Gasteiger partial charge >= 0.3 is 5.97 Å². The normalized spacial score (nSPS) is 22.2. The van der Waals surface area contributed by atoms with Gasteiger partial charge in [-0.2, -0.15) is 0 Å². The van der Waals surface area contributed by atoms with E-state index in [2.05, 4.69) is 0 Å². The van der Waals surface area contributed by atoms with Gasteiger partial charge in [-0.3, -0.25) is 9.59 Å². The van der Waals surface area contributed by atoms with E-state index in [9.17, 15) is 29.7 Å². The summed E-state index contributed by atoms with van der Waals surface area (Å²) in [5.41, 5.74) is -2.71. The van der Waals surface area contributed by atoms with E-state index in [-0.39, 0.29) is 16.7 Å². The van der Waals surface area contributed by atoms with Gasteiger partial charge in [0, 0.05) is 11.1 Å².